The normalized spacial score (nSPS) is 16.0. The van der Waals surface area contributed by atoms with Gasteiger partial charge in [0.05, 0.1) is 12.2 Å². The van der Waals surface area contributed by atoms with Gasteiger partial charge in [0.25, 0.3) is 0 Å². The largest absolute Gasteiger partial charge is 0.462 e. The van der Waals surface area contributed by atoms with Gasteiger partial charge >= 0.3 is 5.97 Å². The van der Waals surface area contributed by atoms with E-state index in [9.17, 15) is 9.59 Å². The summed E-state index contributed by atoms with van der Waals surface area (Å²) in [6.45, 7) is 5.05. The zero-order chi connectivity index (χ0) is 15.1. The van der Waals surface area contributed by atoms with Crippen LogP contribution in [0.1, 0.15) is 42.1 Å². The van der Waals surface area contributed by atoms with Crippen LogP contribution in [0.5, 0.6) is 0 Å². The minimum Gasteiger partial charge on any atom is -0.462 e. The van der Waals surface area contributed by atoms with E-state index < -0.39 is 0 Å². The van der Waals surface area contributed by atoms with Crippen LogP contribution in [0, 0.1) is 0 Å². The molecule has 0 saturated carbocycles. The first-order chi connectivity index (χ1) is 10.2. The highest BCUT2D eigenvalue weighted by Crippen LogP contribution is 2.10. The maximum Gasteiger partial charge on any atom is 0.338 e. The molecule has 0 N–H and O–H groups in total. The molecule has 0 bridgehead atoms. The quantitative estimate of drug-likeness (QED) is 0.755. The molecule has 2 rings (SSSR count). The third-order valence-corrected chi connectivity index (χ3v) is 3.82. The summed E-state index contributed by atoms with van der Waals surface area (Å²) in [5, 5.41) is 0. The lowest BCUT2D eigenvalue weighted by Gasteiger charge is -2.25. The summed E-state index contributed by atoms with van der Waals surface area (Å²) in [4.78, 5) is 25.1. The molecule has 1 aromatic rings. The molecule has 0 unspecified atom stereocenters. The summed E-state index contributed by atoms with van der Waals surface area (Å²) in [5.41, 5.74) is 1.84. The van der Waals surface area contributed by atoms with Gasteiger partial charge in [-0.1, -0.05) is 12.1 Å². The molecule has 1 heterocycles. The van der Waals surface area contributed by atoms with E-state index in [4.69, 9.17) is 4.74 Å². The van der Waals surface area contributed by atoms with Crippen LogP contribution >= 0.6 is 0 Å². The Hall–Kier alpha value is -1.68. The van der Waals surface area contributed by atoms with Crippen molar-refractivity contribution in [3.8, 4) is 0 Å². The van der Waals surface area contributed by atoms with Crippen LogP contribution < -0.4 is 0 Å². The number of likely N-dealkylation sites (tertiary alicyclic amines) is 1. The van der Waals surface area contributed by atoms with Gasteiger partial charge in [-0.25, -0.2) is 4.79 Å². The second-order valence-corrected chi connectivity index (χ2v) is 5.40. The first kappa shape index (κ1) is 15.7. The van der Waals surface area contributed by atoms with Crippen molar-refractivity contribution in [2.24, 2.45) is 0 Å². The summed E-state index contributed by atoms with van der Waals surface area (Å²) in [6, 6.07) is 7.64. The fourth-order valence-electron chi connectivity index (χ4n) is 2.55. The molecule has 0 radical (unpaired) electrons. The molecule has 0 amide bonds. The number of ether oxygens (including phenoxy) is 1. The fraction of sp³-hybridized carbons (Fsp3) is 0.529. The van der Waals surface area contributed by atoms with Gasteiger partial charge in [0.1, 0.15) is 5.78 Å². The van der Waals surface area contributed by atoms with E-state index in [1.165, 1.54) is 5.56 Å². The predicted molar refractivity (Wildman–Crippen MR) is 81.4 cm³/mol. The SMILES string of the molecule is CCOC(=O)c1ccc(CCCN2CCC(=O)CC2)cc1. The van der Waals surface area contributed by atoms with Crippen molar-refractivity contribution in [1.82, 2.24) is 4.90 Å². The van der Waals surface area contributed by atoms with E-state index in [0.29, 0.717) is 30.8 Å². The lowest BCUT2D eigenvalue weighted by atomic mass is 10.1. The monoisotopic (exact) mass is 289 g/mol. The number of benzene rings is 1. The van der Waals surface area contributed by atoms with Crippen LogP contribution in [0.4, 0.5) is 0 Å². The van der Waals surface area contributed by atoms with Crippen LogP contribution in [-0.4, -0.2) is 42.9 Å². The molecule has 0 spiro atoms. The standard InChI is InChI=1S/C17H23NO3/c1-2-21-17(20)15-7-5-14(6-8-15)4-3-11-18-12-9-16(19)10-13-18/h5-8H,2-4,9-13H2,1H3. The van der Waals surface area contributed by atoms with Crippen LogP contribution in [0.3, 0.4) is 0 Å². The summed E-state index contributed by atoms with van der Waals surface area (Å²) in [7, 11) is 0. The Morgan fingerprint density at radius 1 is 1.19 bits per heavy atom. The van der Waals surface area contributed by atoms with E-state index >= 15 is 0 Å². The molecule has 1 aliphatic rings. The minimum absolute atomic E-state index is 0.262. The van der Waals surface area contributed by atoms with Crippen molar-refractivity contribution in [3.05, 3.63) is 35.4 Å². The Balaban J connectivity index is 1.73. The molecule has 21 heavy (non-hydrogen) atoms. The maximum atomic E-state index is 11.5. The molecule has 0 aromatic heterocycles. The molecule has 1 aliphatic heterocycles. The Labute approximate surface area is 126 Å². The number of carbonyl (C=O) groups excluding carboxylic acids is 2. The molecule has 114 valence electrons. The van der Waals surface area contributed by atoms with E-state index in [1.807, 2.05) is 24.3 Å². The highest BCUT2D eigenvalue weighted by molar-refractivity contribution is 5.89. The van der Waals surface area contributed by atoms with Gasteiger partial charge in [-0.2, -0.15) is 0 Å². The number of carbonyl (C=O) groups is 2. The zero-order valence-corrected chi connectivity index (χ0v) is 12.6. The molecular formula is C17H23NO3. The lowest BCUT2D eigenvalue weighted by Crippen LogP contribution is -2.34. The van der Waals surface area contributed by atoms with Gasteiger partial charge in [0.15, 0.2) is 0 Å². The van der Waals surface area contributed by atoms with Crippen molar-refractivity contribution in [2.75, 3.05) is 26.2 Å². The third kappa shape index (κ3) is 4.97. The molecule has 0 aliphatic carbocycles. The second kappa shape index (κ2) is 7.93. The average molecular weight is 289 g/mol. The number of Topliss-reactive ketones (excluding diaryl/α,β-unsaturated/α-hetero) is 1. The van der Waals surface area contributed by atoms with Crippen molar-refractivity contribution in [1.29, 1.82) is 0 Å². The second-order valence-electron chi connectivity index (χ2n) is 5.40. The topological polar surface area (TPSA) is 46.6 Å². The minimum atomic E-state index is -0.262. The molecule has 1 fully saturated rings. The smallest absolute Gasteiger partial charge is 0.338 e. The summed E-state index contributed by atoms with van der Waals surface area (Å²) >= 11 is 0. The Kier molecular flexibility index (Phi) is 5.93. The summed E-state index contributed by atoms with van der Waals surface area (Å²) in [5.74, 6) is 0.128. The Morgan fingerprint density at radius 2 is 1.86 bits per heavy atom. The molecule has 1 aromatic carbocycles. The van der Waals surface area contributed by atoms with E-state index in [-0.39, 0.29) is 5.97 Å². The van der Waals surface area contributed by atoms with Crippen LogP contribution in [0.25, 0.3) is 0 Å². The zero-order valence-electron chi connectivity index (χ0n) is 12.6. The highest BCUT2D eigenvalue weighted by Gasteiger charge is 2.15. The number of piperidine rings is 1. The van der Waals surface area contributed by atoms with E-state index in [2.05, 4.69) is 4.90 Å². The van der Waals surface area contributed by atoms with Crippen molar-refractivity contribution in [2.45, 2.75) is 32.6 Å². The van der Waals surface area contributed by atoms with Crippen molar-refractivity contribution < 1.29 is 14.3 Å². The Morgan fingerprint density at radius 3 is 2.48 bits per heavy atom. The summed E-state index contributed by atoms with van der Waals surface area (Å²) in [6.07, 6.45) is 3.48. The van der Waals surface area contributed by atoms with Gasteiger partial charge < -0.3 is 9.64 Å². The van der Waals surface area contributed by atoms with Crippen molar-refractivity contribution in [3.63, 3.8) is 0 Å². The predicted octanol–water partition coefficient (Wildman–Crippen LogP) is 2.46. The van der Waals surface area contributed by atoms with Crippen LogP contribution in [0.15, 0.2) is 24.3 Å². The number of nitrogens with zero attached hydrogens (tertiary/aromatic N) is 1. The number of ketones is 1. The molecule has 1 saturated heterocycles. The average Bonchev–Trinajstić information content (AvgIpc) is 2.50. The molecule has 0 atom stereocenters. The van der Waals surface area contributed by atoms with Gasteiger partial charge in [-0.15, -0.1) is 0 Å². The van der Waals surface area contributed by atoms with E-state index in [0.717, 1.165) is 32.5 Å². The van der Waals surface area contributed by atoms with Crippen LogP contribution in [-0.2, 0) is 16.0 Å². The third-order valence-electron chi connectivity index (χ3n) is 3.82. The number of hydrogen-bond donors (Lipinski definition) is 0. The van der Waals surface area contributed by atoms with Gasteiger partial charge in [0, 0.05) is 25.9 Å². The number of hydrogen-bond acceptors (Lipinski definition) is 4. The molecule has 4 nitrogen and oxygen atoms in total. The first-order valence-electron chi connectivity index (χ1n) is 7.69. The van der Waals surface area contributed by atoms with Gasteiger partial charge in [-0.05, 0) is 44.0 Å². The Bertz CT molecular complexity index is 471. The van der Waals surface area contributed by atoms with Gasteiger partial charge in [-0.3, -0.25) is 4.79 Å². The summed E-state index contributed by atoms with van der Waals surface area (Å²) < 4.78 is 4.96. The van der Waals surface area contributed by atoms with E-state index in [1.54, 1.807) is 6.92 Å². The molecule has 4 heteroatoms. The van der Waals surface area contributed by atoms with Crippen molar-refractivity contribution >= 4 is 11.8 Å². The number of esters is 1. The first-order valence-corrected chi connectivity index (χ1v) is 7.69. The maximum absolute atomic E-state index is 11.5. The molecular weight excluding hydrogens is 266 g/mol. The lowest BCUT2D eigenvalue weighted by molar-refractivity contribution is -0.121. The number of rotatable bonds is 6. The highest BCUT2D eigenvalue weighted by atomic mass is 16.5. The van der Waals surface area contributed by atoms with Crippen LogP contribution in [0.2, 0.25) is 0 Å². The number of aryl methyl sites for hydroxylation is 1. The van der Waals surface area contributed by atoms with Gasteiger partial charge in [0.2, 0.25) is 0 Å². The fourth-order valence-corrected chi connectivity index (χ4v) is 2.55.